The third kappa shape index (κ3) is 4.51. The van der Waals surface area contributed by atoms with Crippen LogP contribution in [0.1, 0.15) is 30.0 Å². The zero-order valence-electron chi connectivity index (χ0n) is 16.0. The van der Waals surface area contributed by atoms with Crippen LogP contribution in [0.5, 0.6) is 5.75 Å². The standard InChI is InChI=1S/C20H22F3N3O3/c1-10-7-12(20(21,22)23)8-16(28)17(10)15-4-3-14(19(24)26-15)18(11(2)27)25-13-5-6-29-9-13/h3-4,7-8,11,13,27-28H,5-6,9H2,1-2H3,(H2,24,26). The molecule has 0 amide bonds. The van der Waals surface area contributed by atoms with Gasteiger partial charge in [-0.15, -0.1) is 0 Å². The maximum atomic E-state index is 12.9. The number of hydrogen-bond acceptors (Lipinski definition) is 6. The van der Waals surface area contributed by atoms with Gasteiger partial charge in [-0.3, -0.25) is 4.99 Å². The second-order valence-corrected chi connectivity index (χ2v) is 7.02. The van der Waals surface area contributed by atoms with Crippen LogP contribution in [-0.4, -0.2) is 46.3 Å². The third-order valence-corrected chi connectivity index (χ3v) is 4.72. The van der Waals surface area contributed by atoms with E-state index in [4.69, 9.17) is 10.5 Å². The molecule has 1 aliphatic rings. The number of nitrogens with zero attached hydrogens (tertiary/aromatic N) is 2. The molecule has 2 heterocycles. The Kier molecular flexibility index (Phi) is 5.81. The van der Waals surface area contributed by atoms with E-state index in [0.29, 0.717) is 30.6 Å². The van der Waals surface area contributed by atoms with Crippen LogP contribution in [0.25, 0.3) is 11.3 Å². The number of aliphatic hydroxyl groups excluding tert-OH is 1. The molecule has 1 aromatic carbocycles. The number of aliphatic imine (C=N–C) groups is 1. The van der Waals surface area contributed by atoms with Crippen LogP contribution in [0, 0.1) is 6.92 Å². The molecule has 1 saturated heterocycles. The van der Waals surface area contributed by atoms with Crippen molar-refractivity contribution in [3.05, 3.63) is 41.0 Å². The minimum Gasteiger partial charge on any atom is -0.507 e. The number of aromatic nitrogens is 1. The molecule has 2 aromatic rings. The Bertz CT molecular complexity index is 913. The van der Waals surface area contributed by atoms with Crippen LogP contribution in [-0.2, 0) is 10.9 Å². The summed E-state index contributed by atoms with van der Waals surface area (Å²) in [6.45, 7) is 4.08. The molecule has 1 aromatic heterocycles. The highest BCUT2D eigenvalue weighted by atomic mass is 19.4. The van der Waals surface area contributed by atoms with Crippen molar-refractivity contribution in [2.24, 2.45) is 4.99 Å². The molecular weight excluding hydrogens is 387 g/mol. The fourth-order valence-electron chi connectivity index (χ4n) is 3.32. The molecule has 0 bridgehead atoms. The van der Waals surface area contributed by atoms with Gasteiger partial charge in [-0.05, 0) is 50.1 Å². The smallest absolute Gasteiger partial charge is 0.416 e. The van der Waals surface area contributed by atoms with Crippen LogP contribution in [0.2, 0.25) is 0 Å². The van der Waals surface area contributed by atoms with Crippen molar-refractivity contribution < 1.29 is 28.1 Å². The number of alkyl halides is 3. The van der Waals surface area contributed by atoms with Gasteiger partial charge in [0.25, 0.3) is 0 Å². The molecule has 3 rings (SSSR count). The van der Waals surface area contributed by atoms with E-state index in [2.05, 4.69) is 9.98 Å². The normalized spacial score (nSPS) is 18.8. The van der Waals surface area contributed by atoms with Crippen molar-refractivity contribution in [2.75, 3.05) is 18.9 Å². The van der Waals surface area contributed by atoms with Crippen LogP contribution < -0.4 is 5.73 Å². The van der Waals surface area contributed by atoms with Gasteiger partial charge in [0, 0.05) is 17.7 Å². The van der Waals surface area contributed by atoms with Crippen LogP contribution in [0.15, 0.2) is 29.3 Å². The summed E-state index contributed by atoms with van der Waals surface area (Å²) in [4.78, 5) is 8.78. The Labute approximate surface area is 165 Å². The lowest BCUT2D eigenvalue weighted by molar-refractivity contribution is -0.137. The first-order valence-corrected chi connectivity index (χ1v) is 9.09. The third-order valence-electron chi connectivity index (χ3n) is 4.72. The molecule has 6 nitrogen and oxygen atoms in total. The maximum absolute atomic E-state index is 12.9. The van der Waals surface area contributed by atoms with Crippen molar-refractivity contribution in [2.45, 2.75) is 38.6 Å². The molecule has 2 unspecified atom stereocenters. The molecular formula is C20H22F3N3O3. The summed E-state index contributed by atoms with van der Waals surface area (Å²) in [5, 5.41) is 20.3. The Morgan fingerprint density at radius 2 is 2.07 bits per heavy atom. The number of nitrogens with two attached hydrogens (primary N) is 1. The number of ether oxygens (including phenoxy) is 1. The zero-order valence-corrected chi connectivity index (χ0v) is 16.0. The summed E-state index contributed by atoms with van der Waals surface area (Å²) in [5.41, 5.74) is 6.53. The van der Waals surface area contributed by atoms with Crippen molar-refractivity contribution in [3.8, 4) is 17.0 Å². The highest BCUT2D eigenvalue weighted by molar-refractivity contribution is 6.07. The number of anilines is 1. The summed E-state index contributed by atoms with van der Waals surface area (Å²) in [5.74, 6) is -0.482. The topological polar surface area (TPSA) is 101 Å². The molecule has 1 aliphatic heterocycles. The highest BCUT2D eigenvalue weighted by Crippen LogP contribution is 2.38. The van der Waals surface area contributed by atoms with E-state index in [1.807, 2.05) is 0 Å². The second-order valence-electron chi connectivity index (χ2n) is 7.02. The molecule has 0 radical (unpaired) electrons. The summed E-state index contributed by atoms with van der Waals surface area (Å²) >= 11 is 0. The van der Waals surface area contributed by atoms with Gasteiger partial charge in [0.05, 0.1) is 35.7 Å². The monoisotopic (exact) mass is 409 g/mol. The van der Waals surface area contributed by atoms with Crippen molar-refractivity contribution in [1.29, 1.82) is 0 Å². The van der Waals surface area contributed by atoms with E-state index in [1.165, 1.54) is 13.0 Å². The van der Waals surface area contributed by atoms with Gasteiger partial charge in [0.15, 0.2) is 0 Å². The highest BCUT2D eigenvalue weighted by Gasteiger charge is 2.32. The molecule has 0 saturated carbocycles. The van der Waals surface area contributed by atoms with Gasteiger partial charge >= 0.3 is 6.18 Å². The van der Waals surface area contributed by atoms with Crippen LogP contribution >= 0.6 is 0 Å². The quantitative estimate of drug-likeness (QED) is 0.673. The first-order chi connectivity index (χ1) is 13.6. The molecule has 4 N–H and O–H groups in total. The average molecular weight is 409 g/mol. The minimum absolute atomic E-state index is 0.0553. The van der Waals surface area contributed by atoms with Crippen molar-refractivity contribution in [3.63, 3.8) is 0 Å². The lowest BCUT2D eigenvalue weighted by atomic mass is 9.98. The summed E-state index contributed by atoms with van der Waals surface area (Å²) < 4.78 is 44.1. The number of aliphatic hydroxyl groups is 1. The number of rotatable bonds is 4. The lowest BCUT2D eigenvalue weighted by Gasteiger charge is -2.16. The fourth-order valence-corrected chi connectivity index (χ4v) is 3.32. The van der Waals surface area contributed by atoms with E-state index < -0.39 is 23.6 Å². The maximum Gasteiger partial charge on any atom is 0.416 e. The number of halogens is 3. The van der Waals surface area contributed by atoms with Gasteiger partial charge in [-0.2, -0.15) is 13.2 Å². The number of phenols is 1. The number of pyridine rings is 1. The second kappa shape index (κ2) is 8.00. The van der Waals surface area contributed by atoms with E-state index in [0.717, 1.165) is 12.5 Å². The van der Waals surface area contributed by atoms with E-state index in [9.17, 15) is 23.4 Å². The Hall–Kier alpha value is -2.65. The first-order valence-electron chi connectivity index (χ1n) is 9.09. The Balaban J connectivity index is 2.01. The minimum atomic E-state index is -4.57. The SMILES string of the molecule is Cc1cc(C(F)(F)F)cc(O)c1-c1ccc(C(=NC2CCOC2)C(C)O)c(N)n1. The number of aryl methyl sites for hydroxylation is 1. The summed E-state index contributed by atoms with van der Waals surface area (Å²) in [7, 11) is 0. The molecule has 2 atom stereocenters. The first kappa shape index (κ1) is 21.1. The molecule has 0 spiro atoms. The molecule has 29 heavy (non-hydrogen) atoms. The summed E-state index contributed by atoms with van der Waals surface area (Å²) in [6.07, 6.45) is -4.73. The van der Waals surface area contributed by atoms with Gasteiger partial charge < -0.3 is 20.7 Å². The van der Waals surface area contributed by atoms with Gasteiger partial charge in [-0.25, -0.2) is 4.98 Å². The largest absolute Gasteiger partial charge is 0.507 e. The molecule has 0 aliphatic carbocycles. The predicted molar refractivity (Wildman–Crippen MR) is 103 cm³/mol. The molecule has 9 heteroatoms. The van der Waals surface area contributed by atoms with Gasteiger partial charge in [0.1, 0.15) is 11.6 Å². The van der Waals surface area contributed by atoms with Crippen LogP contribution in [0.4, 0.5) is 19.0 Å². The zero-order chi connectivity index (χ0) is 21.3. The van der Waals surface area contributed by atoms with Crippen LogP contribution in [0.3, 0.4) is 0 Å². The predicted octanol–water partition coefficient (Wildman–Crippen LogP) is 3.32. The number of nitrogen functional groups attached to an aromatic ring is 1. The molecule has 1 fully saturated rings. The van der Waals surface area contributed by atoms with E-state index in [-0.39, 0.29) is 28.7 Å². The number of hydrogen-bond donors (Lipinski definition) is 3. The lowest BCUT2D eigenvalue weighted by Crippen LogP contribution is -2.23. The molecule has 156 valence electrons. The summed E-state index contributed by atoms with van der Waals surface area (Å²) in [6, 6.07) is 4.65. The van der Waals surface area contributed by atoms with E-state index in [1.54, 1.807) is 13.0 Å². The van der Waals surface area contributed by atoms with Crippen molar-refractivity contribution >= 4 is 11.5 Å². The average Bonchev–Trinajstić information content (AvgIpc) is 3.12. The number of aromatic hydroxyl groups is 1. The van der Waals surface area contributed by atoms with Gasteiger partial charge in [0.2, 0.25) is 0 Å². The van der Waals surface area contributed by atoms with Crippen molar-refractivity contribution in [1.82, 2.24) is 4.98 Å². The fraction of sp³-hybridized carbons (Fsp3) is 0.400. The number of benzene rings is 1. The Morgan fingerprint density at radius 1 is 1.34 bits per heavy atom. The van der Waals surface area contributed by atoms with E-state index >= 15 is 0 Å². The van der Waals surface area contributed by atoms with Gasteiger partial charge in [-0.1, -0.05) is 0 Å². The Morgan fingerprint density at radius 3 is 2.59 bits per heavy atom. The number of phenolic OH excluding ortho intramolecular Hbond substituents is 1.